The first kappa shape index (κ1) is 41.8. The number of phenolic OH excluding ortho intramolecular Hbond substituents is 1. The molecule has 0 fully saturated rings. The van der Waals surface area contributed by atoms with Crippen LogP contribution in [0.15, 0.2) is 83.3 Å². The summed E-state index contributed by atoms with van der Waals surface area (Å²) in [5.74, 6) is -0.889. The number of hydrogen-bond donors (Lipinski definition) is 6. The maximum atomic E-state index is 14.8. The third kappa shape index (κ3) is 6.76. The minimum absolute atomic E-state index is 0.0756. The summed E-state index contributed by atoms with van der Waals surface area (Å²) < 4.78 is 25.7. The molecule has 3 aromatic rings. The van der Waals surface area contributed by atoms with Gasteiger partial charge in [-0.1, -0.05) is 42.5 Å². The van der Waals surface area contributed by atoms with Crippen LogP contribution in [0.25, 0.3) is 11.1 Å². The maximum Gasteiger partial charge on any atom is 0.357 e. The van der Waals surface area contributed by atoms with Crippen molar-refractivity contribution in [3.8, 4) is 16.9 Å². The van der Waals surface area contributed by atoms with E-state index in [1.807, 2.05) is 30.3 Å². The van der Waals surface area contributed by atoms with E-state index in [0.717, 1.165) is 6.92 Å². The van der Waals surface area contributed by atoms with Crippen LogP contribution >= 0.6 is 7.60 Å². The summed E-state index contributed by atoms with van der Waals surface area (Å²) in [6.45, 7) is 4.85. The molecule has 3 aromatic carbocycles. The quantitative estimate of drug-likeness (QED) is 0.0779. The fourth-order valence-corrected chi connectivity index (χ4v) is 10.6. The monoisotopic (exact) mass is 803 g/mol. The van der Waals surface area contributed by atoms with Gasteiger partial charge in [0, 0.05) is 37.0 Å². The highest BCUT2D eigenvalue weighted by Crippen LogP contribution is 2.61. The number of aromatic hydroxyl groups is 1. The number of rotatable bonds is 13. The van der Waals surface area contributed by atoms with Crippen LogP contribution < -0.4 is 21.8 Å². The van der Waals surface area contributed by atoms with Crippen LogP contribution in [0, 0.1) is 5.92 Å². The number of nitrogens with one attached hydrogen (secondary N) is 1. The molecule has 0 radical (unpaired) electrons. The van der Waals surface area contributed by atoms with E-state index in [-0.39, 0.29) is 42.9 Å². The second-order valence-electron chi connectivity index (χ2n) is 15.1. The molecule has 8 N–H and O–H groups in total. The number of ketones is 3. The Balaban J connectivity index is 1.49. The number of para-hydroxylation sites is 1. The molecule has 2 unspecified atom stereocenters. The summed E-state index contributed by atoms with van der Waals surface area (Å²) >= 11 is 0. The normalized spacial score (nSPS) is 23.8. The van der Waals surface area contributed by atoms with Crippen molar-refractivity contribution in [1.29, 1.82) is 0 Å². The lowest BCUT2D eigenvalue weighted by molar-refractivity contribution is -0.149. The van der Waals surface area contributed by atoms with Crippen LogP contribution in [0.3, 0.4) is 0 Å². The summed E-state index contributed by atoms with van der Waals surface area (Å²) in [6, 6.07) is 16.8. The number of Topliss-reactive ketones (excluding diaryl/α,β-unsaturated/α-hetero) is 3. The van der Waals surface area contributed by atoms with Gasteiger partial charge in [0.1, 0.15) is 17.1 Å². The van der Waals surface area contributed by atoms with Crippen molar-refractivity contribution in [2.24, 2.45) is 17.5 Å². The molecule has 0 aromatic heterocycles. The molecule has 3 aliphatic rings. The van der Waals surface area contributed by atoms with Gasteiger partial charge in [0.25, 0.3) is 0 Å². The summed E-state index contributed by atoms with van der Waals surface area (Å²) in [7, 11) is 3.04. The third-order valence-corrected chi connectivity index (χ3v) is 13.4. The van der Waals surface area contributed by atoms with Gasteiger partial charge in [-0.15, -0.1) is 0 Å². The van der Waals surface area contributed by atoms with Crippen LogP contribution in [0.2, 0.25) is 0 Å². The molecule has 15 nitrogen and oxygen atoms in total. The Morgan fingerprint density at radius 3 is 2.16 bits per heavy atom. The lowest BCUT2D eigenvalue weighted by Gasteiger charge is -2.53. The van der Waals surface area contributed by atoms with Crippen molar-refractivity contribution in [3.63, 3.8) is 0 Å². The molecule has 16 heteroatoms. The van der Waals surface area contributed by atoms with Gasteiger partial charge in [0.05, 0.1) is 35.9 Å². The SMILES string of the molecule is CCOP(=O)(OCC)C(Nc1ccccc1)c1ccc(-c2cc(N(C)C)c3c(c2O)C(=O)C2=C(O)[C@]4(O)C(=O)C(C(C)=O)=C(ON)C(N(C)C)[C@@H]4C[C@]2(N)C3)cc1. The van der Waals surface area contributed by atoms with E-state index >= 15 is 0 Å². The molecule has 304 valence electrons. The number of carbonyl (C=O) groups excluding carboxylic acids is 3. The zero-order valence-electron chi connectivity index (χ0n) is 33.0. The van der Waals surface area contributed by atoms with Crippen LogP contribution in [0.4, 0.5) is 11.4 Å². The van der Waals surface area contributed by atoms with Gasteiger partial charge in [-0.25, -0.2) is 0 Å². The number of likely N-dealkylation sites (N-methyl/N-ethyl adjacent to an activating group) is 1. The van der Waals surface area contributed by atoms with Crippen LogP contribution in [-0.4, -0.2) is 96.2 Å². The van der Waals surface area contributed by atoms with Gasteiger partial charge in [-0.3, -0.25) is 23.8 Å². The Morgan fingerprint density at radius 2 is 1.63 bits per heavy atom. The predicted octanol–water partition coefficient (Wildman–Crippen LogP) is 4.75. The lowest BCUT2D eigenvalue weighted by Crippen LogP contribution is -2.68. The summed E-state index contributed by atoms with van der Waals surface area (Å²) in [5.41, 5.74) is 4.50. The van der Waals surface area contributed by atoms with E-state index in [1.54, 1.807) is 82.2 Å². The van der Waals surface area contributed by atoms with E-state index in [4.69, 9.17) is 25.5 Å². The van der Waals surface area contributed by atoms with Gasteiger partial charge in [0.15, 0.2) is 28.7 Å². The Bertz CT molecular complexity index is 2210. The molecule has 5 atom stereocenters. The van der Waals surface area contributed by atoms with Crippen molar-refractivity contribution in [1.82, 2.24) is 4.90 Å². The molecule has 0 saturated heterocycles. The van der Waals surface area contributed by atoms with Gasteiger partial charge >= 0.3 is 7.60 Å². The topological polar surface area (TPSA) is 227 Å². The van der Waals surface area contributed by atoms with Crippen molar-refractivity contribution in [2.75, 3.05) is 51.6 Å². The number of nitrogens with zero attached hydrogens (tertiary/aromatic N) is 2. The Kier molecular flexibility index (Phi) is 11.3. The fraction of sp³-hybridized carbons (Fsp3) is 0.390. The van der Waals surface area contributed by atoms with Gasteiger partial charge in [-0.05, 0) is 82.6 Å². The second kappa shape index (κ2) is 15.5. The largest absolute Gasteiger partial charge is 0.508 e. The first-order chi connectivity index (χ1) is 26.9. The van der Waals surface area contributed by atoms with Crippen LogP contribution in [0.1, 0.15) is 54.5 Å². The highest BCUT2D eigenvalue weighted by molar-refractivity contribution is 7.54. The Hall–Kier alpha value is -4.86. The molecule has 0 amide bonds. The van der Waals surface area contributed by atoms with Crippen molar-refractivity contribution < 1.29 is 48.2 Å². The molecule has 0 saturated carbocycles. The number of nitrogens with two attached hydrogens (primary N) is 2. The van der Waals surface area contributed by atoms with Crippen LogP contribution in [0.5, 0.6) is 5.75 Å². The number of phenols is 1. The Labute approximate surface area is 331 Å². The predicted molar refractivity (Wildman–Crippen MR) is 215 cm³/mol. The average Bonchev–Trinajstić information content (AvgIpc) is 3.15. The number of aliphatic hydroxyl groups excluding tert-OH is 1. The molecule has 0 spiro atoms. The lowest BCUT2D eigenvalue weighted by atomic mass is 9.55. The molecule has 0 aliphatic heterocycles. The molecule has 3 aliphatic carbocycles. The molecular formula is C41H50N5O10P. The number of carbonyl (C=O) groups is 3. The number of fused-ring (bicyclic) bond motifs is 3. The minimum atomic E-state index is -3.76. The van der Waals surface area contributed by atoms with E-state index in [0.29, 0.717) is 28.1 Å². The summed E-state index contributed by atoms with van der Waals surface area (Å²) in [4.78, 5) is 50.1. The van der Waals surface area contributed by atoms with Crippen molar-refractivity contribution in [2.45, 2.75) is 56.6 Å². The highest BCUT2D eigenvalue weighted by Gasteiger charge is 2.66. The zero-order valence-corrected chi connectivity index (χ0v) is 33.9. The van der Waals surface area contributed by atoms with Crippen LogP contribution in [-0.2, 0) is 34.5 Å². The number of anilines is 2. The van der Waals surface area contributed by atoms with E-state index in [1.165, 1.54) is 0 Å². The number of hydrogen-bond acceptors (Lipinski definition) is 15. The minimum Gasteiger partial charge on any atom is -0.508 e. The Morgan fingerprint density at radius 1 is 1.02 bits per heavy atom. The standard InChI is InChI=1S/C41H50N5O10P/c1-8-54-57(53,55-9-2)39(44-25-13-11-10-12-14-25)24-17-15-23(16-18-24)26-19-29(45(4)5)27-20-40(42)21-28-33(46(6)7)36(56-43)30(22(3)47)37(50)41(28,52)38(51)32(40)35(49)31(27)34(26)48/h10-19,28,33,39,44,48,51-52H,8-9,20-21,42-43H2,1-7H3/t28-,33?,39?,40+,41+/m0/s1. The fourth-order valence-electron chi connectivity index (χ4n) is 8.65. The number of aliphatic hydroxyl groups is 2. The highest BCUT2D eigenvalue weighted by atomic mass is 31.2. The van der Waals surface area contributed by atoms with E-state index in [2.05, 4.69) is 5.32 Å². The second-order valence-corrected chi connectivity index (χ2v) is 17.2. The molecular weight excluding hydrogens is 753 g/mol. The molecule has 6 rings (SSSR count). The van der Waals surface area contributed by atoms with Gasteiger partial charge in [-0.2, -0.15) is 5.90 Å². The van der Waals surface area contributed by atoms with Crippen molar-refractivity contribution >= 4 is 36.3 Å². The average molecular weight is 804 g/mol. The molecule has 0 bridgehead atoms. The first-order valence-corrected chi connectivity index (χ1v) is 20.2. The van der Waals surface area contributed by atoms with Gasteiger partial charge < -0.3 is 45.2 Å². The summed E-state index contributed by atoms with van der Waals surface area (Å²) in [5, 5.41) is 39.5. The maximum absolute atomic E-state index is 14.8. The summed E-state index contributed by atoms with van der Waals surface area (Å²) in [6.07, 6.45) is -0.281. The first-order valence-electron chi connectivity index (χ1n) is 18.6. The third-order valence-electron chi connectivity index (χ3n) is 11.1. The zero-order chi connectivity index (χ0) is 41.8. The molecule has 0 heterocycles. The molecule has 57 heavy (non-hydrogen) atoms. The van der Waals surface area contributed by atoms with E-state index in [9.17, 15) is 34.3 Å². The smallest absolute Gasteiger partial charge is 0.357 e. The number of benzene rings is 3. The van der Waals surface area contributed by atoms with Crippen molar-refractivity contribution in [3.05, 3.63) is 100 Å². The van der Waals surface area contributed by atoms with Gasteiger partial charge in [0.2, 0.25) is 5.78 Å². The van der Waals surface area contributed by atoms with E-state index < -0.39 is 76.5 Å².